The van der Waals surface area contributed by atoms with Gasteiger partial charge < -0.3 is 4.74 Å². The zero-order chi connectivity index (χ0) is 7.98. The summed E-state index contributed by atoms with van der Waals surface area (Å²) in [5.74, 6) is -0.0753. The minimum Gasteiger partial charge on any atom is -0.469 e. The van der Waals surface area contributed by atoms with E-state index in [0.29, 0.717) is 5.33 Å². The van der Waals surface area contributed by atoms with Gasteiger partial charge in [-0.05, 0) is 6.42 Å². The Morgan fingerprint density at radius 3 is 2.60 bits per heavy atom. The first kappa shape index (κ1) is 9.95. The van der Waals surface area contributed by atoms with Gasteiger partial charge in [-0.15, -0.1) is 0 Å². The summed E-state index contributed by atoms with van der Waals surface area (Å²) in [6.07, 6.45) is 1.92. The van der Waals surface area contributed by atoms with Gasteiger partial charge in [0.1, 0.15) is 0 Å². The van der Waals surface area contributed by atoms with Crippen LogP contribution in [0.4, 0.5) is 0 Å². The normalized spacial score (nSPS) is 12.7. The molecule has 0 spiro atoms. The van der Waals surface area contributed by atoms with Crippen LogP contribution in [0.3, 0.4) is 0 Å². The molecule has 0 aliphatic heterocycles. The Kier molecular flexibility index (Phi) is 5.69. The first-order valence-corrected chi connectivity index (χ1v) is 4.52. The highest BCUT2D eigenvalue weighted by atomic mass is 79.9. The molecule has 0 heterocycles. The highest BCUT2D eigenvalue weighted by molar-refractivity contribution is 9.09. The Balaban J connectivity index is 3.68. The van der Waals surface area contributed by atoms with E-state index in [1.54, 1.807) is 0 Å². The molecule has 3 heteroatoms. The zero-order valence-corrected chi connectivity index (χ0v) is 7.98. The van der Waals surface area contributed by atoms with Crippen molar-refractivity contribution in [1.82, 2.24) is 0 Å². The van der Waals surface area contributed by atoms with E-state index < -0.39 is 0 Å². The van der Waals surface area contributed by atoms with Gasteiger partial charge in [0.25, 0.3) is 0 Å². The highest BCUT2D eigenvalue weighted by Crippen LogP contribution is 2.10. The summed E-state index contributed by atoms with van der Waals surface area (Å²) >= 11 is 3.26. The first-order chi connectivity index (χ1) is 4.76. The molecule has 0 aliphatic rings. The lowest BCUT2D eigenvalue weighted by Crippen LogP contribution is -2.16. The number of rotatable bonds is 4. The third kappa shape index (κ3) is 3.20. The molecular formula is C7H13BrO2. The maximum Gasteiger partial charge on any atom is 0.309 e. The van der Waals surface area contributed by atoms with Crippen molar-refractivity contribution in [2.24, 2.45) is 5.92 Å². The number of hydrogen-bond donors (Lipinski definition) is 0. The van der Waals surface area contributed by atoms with Crippen LogP contribution in [0, 0.1) is 5.92 Å². The van der Waals surface area contributed by atoms with Crippen molar-refractivity contribution < 1.29 is 9.53 Å². The van der Waals surface area contributed by atoms with Crippen molar-refractivity contribution in [3.63, 3.8) is 0 Å². The molecule has 60 valence electrons. The van der Waals surface area contributed by atoms with E-state index in [2.05, 4.69) is 27.6 Å². The van der Waals surface area contributed by atoms with Crippen LogP contribution in [0.2, 0.25) is 0 Å². The molecule has 0 N–H and O–H groups in total. The predicted octanol–water partition coefficient (Wildman–Crippen LogP) is 1.97. The van der Waals surface area contributed by atoms with E-state index in [4.69, 9.17) is 0 Å². The van der Waals surface area contributed by atoms with E-state index in [9.17, 15) is 4.79 Å². The SMILES string of the molecule is CCC[C@@H](CBr)C(=O)OC. The molecule has 0 rings (SSSR count). The summed E-state index contributed by atoms with van der Waals surface area (Å²) in [6.45, 7) is 2.05. The second-order valence-corrected chi connectivity index (χ2v) is 2.81. The van der Waals surface area contributed by atoms with Gasteiger partial charge in [-0.1, -0.05) is 29.3 Å². The van der Waals surface area contributed by atoms with Crippen LogP contribution in [0.15, 0.2) is 0 Å². The number of alkyl halides is 1. The van der Waals surface area contributed by atoms with Crippen molar-refractivity contribution in [1.29, 1.82) is 0 Å². The molecular weight excluding hydrogens is 196 g/mol. The summed E-state index contributed by atoms with van der Waals surface area (Å²) < 4.78 is 4.59. The van der Waals surface area contributed by atoms with Gasteiger partial charge in [-0.3, -0.25) is 4.79 Å². The maximum atomic E-state index is 10.9. The molecule has 2 nitrogen and oxygen atoms in total. The van der Waals surface area contributed by atoms with Crippen LogP contribution < -0.4 is 0 Å². The quantitative estimate of drug-likeness (QED) is 0.522. The molecule has 0 aliphatic carbocycles. The van der Waals surface area contributed by atoms with E-state index in [0.717, 1.165) is 12.8 Å². The number of carbonyl (C=O) groups excluding carboxylic acids is 1. The summed E-state index contributed by atoms with van der Waals surface area (Å²) in [4.78, 5) is 10.9. The van der Waals surface area contributed by atoms with Gasteiger partial charge in [0, 0.05) is 5.33 Å². The molecule has 0 aromatic heterocycles. The fourth-order valence-corrected chi connectivity index (χ4v) is 1.36. The van der Waals surface area contributed by atoms with Crippen LogP contribution in [0.25, 0.3) is 0 Å². The summed E-state index contributed by atoms with van der Waals surface area (Å²) in [7, 11) is 1.42. The van der Waals surface area contributed by atoms with Crippen molar-refractivity contribution in [3.05, 3.63) is 0 Å². The summed E-state index contributed by atoms with van der Waals surface area (Å²) in [5, 5.41) is 0.702. The third-order valence-corrected chi connectivity index (χ3v) is 2.14. The van der Waals surface area contributed by atoms with E-state index in [-0.39, 0.29) is 11.9 Å². The average molecular weight is 209 g/mol. The van der Waals surface area contributed by atoms with E-state index >= 15 is 0 Å². The Morgan fingerprint density at radius 1 is 1.70 bits per heavy atom. The zero-order valence-electron chi connectivity index (χ0n) is 6.39. The average Bonchev–Trinajstić information content (AvgIpc) is 1.99. The van der Waals surface area contributed by atoms with Crippen molar-refractivity contribution in [3.8, 4) is 0 Å². The first-order valence-electron chi connectivity index (χ1n) is 3.40. The van der Waals surface area contributed by atoms with Crippen LogP contribution in [-0.4, -0.2) is 18.4 Å². The molecule has 0 fully saturated rings. The van der Waals surface area contributed by atoms with Gasteiger partial charge in [0.05, 0.1) is 13.0 Å². The monoisotopic (exact) mass is 208 g/mol. The number of ether oxygens (including phenoxy) is 1. The van der Waals surface area contributed by atoms with E-state index in [1.807, 2.05) is 0 Å². The number of esters is 1. The molecule has 0 aromatic rings. The van der Waals surface area contributed by atoms with Crippen molar-refractivity contribution in [2.45, 2.75) is 19.8 Å². The minimum atomic E-state index is -0.112. The lowest BCUT2D eigenvalue weighted by molar-refractivity contribution is -0.144. The van der Waals surface area contributed by atoms with Gasteiger partial charge in [0.15, 0.2) is 0 Å². The van der Waals surface area contributed by atoms with Gasteiger partial charge in [-0.2, -0.15) is 0 Å². The topological polar surface area (TPSA) is 26.3 Å². The third-order valence-electron chi connectivity index (χ3n) is 1.36. The van der Waals surface area contributed by atoms with Gasteiger partial charge in [0.2, 0.25) is 0 Å². The number of halogens is 1. The molecule has 0 amide bonds. The smallest absolute Gasteiger partial charge is 0.309 e. The lowest BCUT2D eigenvalue weighted by Gasteiger charge is -2.08. The van der Waals surface area contributed by atoms with E-state index in [1.165, 1.54) is 7.11 Å². The van der Waals surface area contributed by atoms with Gasteiger partial charge >= 0.3 is 5.97 Å². The van der Waals surface area contributed by atoms with Crippen LogP contribution in [-0.2, 0) is 9.53 Å². The molecule has 10 heavy (non-hydrogen) atoms. The molecule has 0 saturated heterocycles. The molecule has 0 unspecified atom stereocenters. The summed E-state index contributed by atoms with van der Waals surface area (Å²) in [6, 6.07) is 0. The molecule has 0 saturated carbocycles. The standard InChI is InChI=1S/C7H13BrO2/c1-3-4-6(5-8)7(9)10-2/h6H,3-5H2,1-2H3/t6-/m0/s1. The lowest BCUT2D eigenvalue weighted by atomic mass is 10.1. The number of carbonyl (C=O) groups is 1. The highest BCUT2D eigenvalue weighted by Gasteiger charge is 2.15. The molecule has 0 aromatic carbocycles. The molecule has 0 bridgehead atoms. The van der Waals surface area contributed by atoms with Gasteiger partial charge in [-0.25, -0.2) is 0 Å². The second kappa shape index (κ2) is 5.71. The number of hydrogen-bond acceptors (Lipinski definition) is 2. The second-order valence-electron chi connectivity index (χ2n) is 2.16. The molecule has 0 radical (unpaired) electrons. The van der Waals surface area contributed by atoms with Crippen LogP contribution >= 0.6 is 15.9 Å². The van der Waals surface area contributed by atoms with Crippen LogP contribution in [0.1, 0.15) is 19.8 Å². The fraction of sp³-hybridized carbons (Fsp3) is 0.857. The number of methoxy groups -OCH3 is 1. The Bertz CT molecular complexity index is 104. The maximum absolute atomic E-state index is 10.9. The Hall–Kier alpha value is -0.0500. The Labute approximate surface area is 70.1 Å². The minimum absolute atomic E-state index is 0.0370. The predicted molar refractivity (Wildman–Crippen MR) is 44.2 cm³/mol. The summed E-state index contributed by atoms with van der Waals surface area (Å²) in [5.41, 5.74) is 0. The Morgan fingerprint density at radius 2 is 2.30 bits per heavy atom. The fourth-order valence-electron chi connectivity index (χ4n) is 0.773. The van der Waals surface area contributed by atoms with Crippen molar-refractivity contribution in [2.75, 3.05) is 12.4 Å². The largest absolute Gasteiger partial charge is 0.469 e. The van der Waals surface area contributed by atoms with Crippen molar-refractivity contribution >= 4 is 21.9 Å². The van der Waals surface area contributed by atoms with Crippen LogP contribution in [0.5, 0.6) is 0 Å². The molecule has 1 atom stereocenters.